The molecule has 0 spiro atoms. The van der Waals surface area contributed by atoms with Crippen molar-refractivity contribution in [2.45, 2.75) is 29.8 Å². The second-order valence-electron chi connectivity index (χ2n) is 6.45. The Morgan fingerprint density at radius 1 is 1.37 bits per heavy atom. The van der Waals surface area contributed by atoms with Gasteiger partial charge in [-0.15, -0.1) is 10.2 Å². The van der Waals surface area contributed by atoms with Crippen LogP contribution < -0.4 is 5.84 Å². The van der Waals surface area contributed by atoms with E-state index < -0.39 is 15.1 Å². The Morgan fingerprint density at radius 3 is 2.63 bits per heavy atom. The van der Waals surface area contributed by atoms with Crippen LogP contribution in [-0.4, -0.2) is 63.9 Å². The van der Waals surface area contributed by atoms with Crippen molar-refractivity contribution >= 4 is 27.5 Å². The maximum atomic E-state index is 13.1. The number of halogens is 1. The molecule has 0 aliphatic carbocycles. The topological polar surface area (TPSA) is 111 Å². The third-order valence-corrected chi connectivity index (χ3v) is 7.30. The lowest BCUT2D eigenvalue weighted by molar-refractivity contribution is -0.130. The number of carbonyl (C=O) groups excluding carboxylic acids is 1. The van der Waals surface area contributed by atoms with Crippen molar-refractivity contribution in [2.24, 2.45) is 0 Å². The minimum absolute atomic E-state index is 0.00554. The van der Waals surface area contributed by atoms with Crippen LogP contribution in [0, 0.1) is 5.82 Å². The van der Waals surface area contributed by atoms with Crippen molar-refractivity contribution in [3.63, 3.8) is 0 Å². The Morgan fingerprint density at radius 2 is 2.04 bits per heavy atom. The summed E-state index contributed by atoms with van der Waals surface area (Å²) in [5, 5.41) is 7.83. The summed E-state index contributed by atoms with van der Waals surface area (Å²) in [4.78, 5) is 14.1. The van der Waals surface area contributed by atoms with Gasteiger partial charge in [-0.3, -0.25) is 4.79 Å². The molecule has 8 nitrogen and oxygen atoms in total. The molecule has 1 aliphatic rings. The van der Waals surface area contributed by atoms with Crippen molar-refractivity contribution in [1.82, 2.24) is 19.8 Å². The van der Waals surface area contributed by atoms with Crippen LogP contribution in [0.2, 0.25) is 0 Å². The number of nitrogens with zero attached hydrogens (tertiary/aromatic N) is 4. The second kappa shape index (κ2) is 7.47. The molecule has 2 N–H and O–H groups in total. The van der Waals surface area contributed by atoms with E-state index in [4.69, 9.17) is 5.84 Å². The second-order valence-corrected chi connectivity index (χ2v) is 9.99. The van der Waals surface area contributed by atoms with E-state index in [1.54, 1.807) is 26.1 Å². The number of rotatable bonds is 5. The number of sulfone groups is 1. The highest BCUT2D eigenvalue weighted by molar-refractivity contribution is 8.00. The molecule has 3 rings (SSSR count). The van der Waals surface area contributed by atoms with Crippen molar-refractivity contribution in [3.05, 3.63) is 30.1 Å². The van der Waals surface area contributed by atoms with Crippen LogP contribution in [0.15, 0.2) is 29.4 Å². The molecular weight excluding hydrogens is 393 g/mol. The molecule has 0 saturated carbocycles. The number of nitrogen functional groups attached to an aromatic ring is 1. The Labute approximate surface area is 160 Å². The standard InChI is InChI=1S/C16H20FN5O3S2/c1-10(15(23)21(2)13-7-8-27(24,25)9-13)26-16-20-19-14(22(16)18)11-3-5-12(17)6-4-11/h3-6,10,13H,7-9,18H2,1-2H3/t10-,13+/m1/s1. The third-order valence-electron chi connectivity index (χ3n) is 4.50. The molecule has 146 valence electrons. The first-order valence-corrected chi connectivity index (χ1v) is 11.0. The number of thioether (sulfide) groups is 1. The van der Waals surface area contributed by atoms with Crippen LogP contribution in [0.5, 0.6) is 0 Å². The fourth-order valence-corrected chi connectivity index (χ4v) is 5.55. The van der Waals surface area contributed by atoms with Gasteiger partial charge in [-0.05, 0) is 37.6 Å². The summed E-state index contributed by atoms with van der Waals surface area (Å²) in [6.07, 6.45) is 0.448. The summed E-state index contributed by atoms with van der Waals surface area (Å²) in [7, 11) is -1.46. The molecule has 1 saturated heterocycles. The normalized spacial score (nSPS) is 19.7. The molecule has 1 amide bonds. The molecular formula is C16H20FN5O3S2. The minimum Gasteiger partial charge on any atom is -0.341 e. The fraction of sp³-hybridized carbons (Fsp3) is 0.438. The number of amides is 1. The highest BCUT2D eigenvalue weighted by Crippen LogP contribution is 2.27. The molecule has 1 fully saturated rings. The maximum absolute atomic E-state index is 13.1. The van der Waals surface area contributed by atoms with Gasteiger partial charge in [0.25, 0.3) is 0 Å². The van der Waals surface area contributed by atoms with Crippen molar-refractivity contribution in [1.29, 1.82) is 0 Å². The number of carbonyl (C=O) groups is 1. The predicted octanol–water partition coefficient (Wildman–Crippen LogP) is 0.924. The first kappa shape index (κ1) is 19.6. The smallest absolute Gasteiger partial charge is 0.235 e. The van der Waals surface area contributed by atoms with E-state index in [2.05, 4.69) is 10.2 Å². The highest BCUT2D eigenvalue weighted by Gasteiger charge is 2.34. The van der Waals surface area contributed by atoms with Gasteiger partial charge in [0.15, 0.2) is 15.7 Å². The van der Waals surface area contributed by atoms with E-state index in [0.717, 1.165) is 11.8 Å². The van der Waals surface area contributed by atoms with E-state index in [1.807, 2.05) is 0 Å². The zero-order valence-corrected chi connectivity index (χ0v) is 16.5. The quantitative estimate of drug-likeness (QED) is 0.573. The molecule has 0 unspecified atom stereocenters. The first-order chi connectivity index (χ1) is 12.7. The van der Waals surface area contributed by atoms with Crippen LogP contribution in [0.3, 0.4) is 0 Å². The van der Waals surface area contributed by atoms with Crippen molar-refractivity contribution in [2.75, 3.05) is 24.4 Å². The molecule has 1 aliphatic heterocycles. The van der Waals surface area contributed by atoms with Gasteiger partial charge in [0.05, 0.1) is 16.8 Å². The number of aromatic nitrogens is 3. The summed E-state index contributed by atoms with van der Waals surface area (Å²) in [6.45, 7) is 1.71. The minimum atomic E-state index is -3.07. The SMILES string of the molecule is C[C@@H](Sc1nnc(-c2ccc(F)cc2)n1N)C(=O)N(C)[C@H]1CCS(=O)(=O)C1. The molecule has 11 heteroatoms. The Bertz CT molecular complexity index is 945. The van der Waals surface area contributed by atoms with Crippen LogP contribution >= 0.6 is 11.8 Å². The van der Waals surface area contributed by atoms with Gasteiger partial charge >= 0.3 is 0 Å². The van der Waals surface area contributed by atoms with Gasteiger partial charge in [0, 0.05) is 18.7 Å². The van der Waals surface area contributed by atoms with Crippen molar-refractivity contribution < 1.29 is 17.6 Å². The molecule has 1 aromatic heterocycles. The lowest BCUT2D eigenvalue weighted by Gasteiger charge is -2.26. The lowest BCUT2D eigenvalue weighted by atomic mass is 10.2. The van der Waals surface area contributed by atoms with Crippen molar-refractivity contribution in [3.8, 4) is 11.4 Å². The molecule has 2 atom stereocenters. The van der Waals surface area contributed by atoms with Gasteiger partial charge in [0.2, 0.25) is 11.1 Å². The molecule has 27 heavy (non-hydrogen) atoms. The maximum Gasteiger partial charge on any atom is 0.235 e. The monoisotopic (exact) mass is 413 g/mol. The fourth-order valence-electron chi connectivity index (χ4n) is 2.91. The van der Waals surface area contributed by atoms with Crippen LogP contribution in [0.1, 0.15) is 13.3 Å². The molecule has 0 bridgehead atoms. The van der Waals surface area contributed by atoms with Gasteiger partial charge in [-0.1, -0.05) is 11.8 Å². The number of nitrogens with two attached hydrogens (primary N) is 1. The summed E-state index contributed by atoms with van der Waals surface area (Å²) in [5.41, 5.74) is 0.602. The summed E-state index contributed by atoms with van der Waals surface area (Å²) in [6, 6.07) is 5.37. The zero-order chi connectivity index (χ0) is 19.8. The van der Waals surface area contributed by atoms with Crippen LogP contribution in [0.25, 0.3) is 11.4 Å². The zero-order valence-electron chi connectivity index (χ0n) is 14.9. The van der Waals surface area contributed by atoms with E-state index >= 15 is 0 Å². The molecule has 1 aromatic carbocycles. The van der Waals surface area contributed by atoms with Gasteiger partial charge < -0.3 is 10.7 Å². The Kier molecular flexibility index (Phi) is 5.43. The average molecular weight is 414 g/mol. The number of hydrogen-bond donors (Lipinski definition) is 1. The molecule has 2 heterocycles. The van der Waals surface area contributed by atoms with Gasteiger partial charge in [-0.25, -0.2) is 17.5 Å². The lowest BCUT2D eigenvalue weighted by Crippen LogP contribution is -2.41. The van der Waals surface area contributed by atoms with E-state index in [-0.39, 0.29) is 29.3 Å². The largest absolute Gasteiger partial charge is 0.341 e. The number of benzene rings is 1. The summed E-state index contributed by atoms with van der Waals surface area (Å²) >= 11 is 1.13. The van der Waals surface area contributed by atoms with E-state index in [0.29, 0.717) is 23.0 Å². The third kappa shape index (κ3) is 4.24. The van der Waals surface area contributed by atoms with E-state index in [9.17, 15) is 17.6 Å². The van der Waals surface area contributed by atoms with Crippen LogP contribution in [0.4, 0.5) is 4.39 Å². The number of hydrogen-bond acceptors (Lipinski definition) is 7. The van der Waals surface area contributed by atoms with Gasteiger partial charge in [-0.2, -0.15) is 0 Å². The average Bonchev–Trinajstić information content (AvgIpc) is 3.17. The highest BCUT2D eigenvalue weighted by atomic mass is 32.2. The van der Waals surface area contributed by atoms with Crippen LogP contribution in [-0.2, 0) is 14.6 Å². The van der Waals surface area contributed by atoms with Gasteiger partial charge in [0.1, 0.15) is 5.82 Å². The molecule has 2 aromatic rings. The predicted molar refractivity (Wildman–Crippen MR) is 101 cm³/mol. The Hall–Kier alpha value is -2.14. The molecule has 0 radical (unpaired) electrons. The van der Waals surface area contributed by atoms with E-state index in [1.165, 1.54) is 21.7 Å². The summed E-state index contributed by atoms with van der Waals surface area (Å²) < 4.78 is 37.6. The Balaban J connectivity index is 1.70. The summed E-state index contributed by atoms with van der Waals surface area (Å²) in [5.74, 6) is 5.91. The first-order valence-electron chi connectivity index (χ1n) is 8.28.